The molecule has 0 aromatic carbocycles. The lowest BCUT2D eigenvalue weighted by atomic mass is 9.44. The van der Waals surface area contributed by atoms with Gasteiger partial charge in [-0.2, -0.15) is 0 Å². The van der Waals surface area contributed by atoms with Crippen molar-refractivity contribution in [3.63, 3.8) is 0 Å². The van der Waals surface area contributed by atoms with Crippen LogP contribution in [0.25, 0.3) is 0 Å². The summed E-state index contributed by atoms with van der Waals surface area (Å²) in [5, 5.41) is 0. The van der Waals surface area contributed by atoms with E-state index < -0.39 is 0 Å². The average Bonchev–Trinajstić information content (AvgIpc) is 3.09. The van der Waals surface area contributed by atoms with Gasteiger partial charge < -0.3 is 9.47 Å². The number of carbonyl (C=O) groups excluding carboxylic acids is 2. The summed E-state index contributed by atoms with van der Waals surface area (Å²) in [6.07, 6.45) is 15.1. The van der Waals surface area contributed by atoms with Crippen LogP contribution in [0.3, 0.4) is 0 Å². The van der Waals surface area contributed by atoms with Crippen LogP contribution in [0.5, 0.6) is 0 Å². The first kappa shape index (κ1) is 22.9. The fraction of sp³-hybridized carbons (Fsp3) is 0.852. The molecule has 4 rings (SSSR count). The van der Waals surface area contributed by atoms with Gasteiger partial charge in [0.05, 0.1) is 7.11 Å². The van der Waals surface area contributed by atoms with Crippen molar-refractivity contribution in [3.8, 4) is 0 Å². The number of methoxy groups -OCH3 is 1. The molecule has 4 saturated carbocycles. The summed E-state index contributed by atoms with van der Waals surface area (Å²) in [7, 11) is 1.45. The minimum atomic E-state index is -0.245. The maximum Gasteiger partial charge on any atom is 0.330 e. The predicted molar refractivity (Wildman–Crippen MR) is 121 cm³/mol. The van der Waals surface area contributed by atoms with Crippen molar-refractivity contribution in [2.75, 3.05) is 7.11 Å². The Kier molecular flexibility index (Phi) is 6.31. The lowest BCUT2D eigenvalue weighted by Crippen LogP contribution is -2.54. The summed E-state index contributed by atoms with van der Waals surface area (Å²) in [6.45, 7) is 8.96. The first-order valence-electron chi connectivity index (χ1n) is 12.6. The zero-order valence-corrected chi connectivity index (χ0v) is 20.2. The third kappa shape index (κ3) is 3.97. The Morgan fingerprint density at radius 2 is 1.68 bits per heavy atom. The van der Waals surface area contributed by atoms with Crippen molar-refractivity contribution in [1.82, 2.24) is 0 Å². The minimum Gasteiger partial charge on any atom is -0.466 e. The Balaban J connectivity index is 1.48. The standard InChI is InChI=1S/C27H42O4/c1-17(6-11-25(29)30-5)22-9-10-23-21-8-7-19-16-20(31-18(2)28)12-14-26(19,3)24(21)13-15-27(22,23)4/h6,11,17,19-24H,7-10,12-16H2,1-5H3/t17-,19?,20?,21+,22-,23+,24+,26+,27-/m1/s1. The Labute approximate surface area is 188 Å². The summed E-state index contributed by atoms with van der Waals surface area (Å²) >= 11 is 0. The monoisotopic (exact) mass is 430 g/mol. The number of hydrogen-bond donors (Lipinski definition) is 0. The third-order valence-electron chi connectivity index (χ3n) is 10.4. The van der Waals surface area contributed by atoms with Gasteiger partial charge in [0.25, 0.3) is 0 Å². The fourth-order valence-electron chi connectivity index (χ4n) is 8.90. The molecular weight excluding hydrogens is 388 g/mol. The van der Waals surface area contributed by atoms with E-state index in [4.69, 9.17) is 9.47 Å². The van der Waals surface area contributed by atoms with E-state index in [1.165, 1.54) is 52.1 Å². The molecule has 174 valence electrons. The molecule has 0 bridgehead atoms. The minimum absolute atomic E-state index is 0.122. The van der Waals surface area contributed by atoms with Gasteiger partial charge in [-0.15, -0.1) is 0 Å². The Bertz CT molecular complexity index is 729. The summed E-state index contributed by atoms with van der Waals surface area (Å²) in [4.78, 5) is 23.1. The largest absolute Gasteiger partial charge is 0.466 e. The number of allylic oxidation sites excluding steroid dienone is 1. The molecule has 0 aliphatic heterocycles. The number of esters is 2. The van der Waals surface area contributed by atoms with Crippen molar-refractivity contribution in [3.05, 3.63) is 12.2 Å². The van der Waals surface area contributed by atoms with Crippen LogP contribution in [-0.2, 0) is 19.1 Å². The maximum atomic E-state index is 11.6. The van der Waals surface area contributed by atoms with E-state index in [-0.39, 0.29) is 18.0 Å². The van der Waals surface area contributed by atoms with Crippen LogP contribution in [0.2, 0.25) is 0 Å². The van der Waals surface area contributed by atoms with Crippen LogP contribution < -0.4 is 0 Å². The van der Waals surface area contributed by atoms with Crippen LogP contribution in [0.4, 0.5) is 0 Å². The van der Waals surface area contributed by atoms with E-state index in [0.717, 1.165) is 30.6 Å². The van der Waals surface area contributed by atoms with Gasteiger partial charge in [0, 0.05) is 13.0 Å². The van der Waals surface area contributed by atoms with Crippen LogP contribution in [0.1, 0.15) is 85.5 Å². The van der Waals surface area contributed by atoms with Crippen molar-refractivity contribution < 1.29 is 19.1 Å². The normalized spacial score (nSPS) is 45.3. The molecule has 0 aromatic heterocycles. The Hall–Kier alpha value is -1.32. The Morgan fingerprint density at radius 3 is 2.39 bits per heavy atom. The van der Waals surface area contributed by atoms with Gasteiger partial charge in [-0.1, -0.05) is 26.8 Å². The molecule has 0 heterocycles. The van der Waals surface area contributed by atoms with E-state index >= 15 is 0 Å². The van der Waals surface area contributed by atoms with Gasteiger partial charge in [0.1, 0.15) is 6.10 Å². The molecule has 2 unspecified atom stereocenters. The molecule has 0 saturated heterocycles. The third-order valence-corrected chi connectivity index (χ3v) is 10.4. The summed E-state index contributed by atoms with van der Waals surface area (Å²) < 4.78 is 10.4. The smallest absolute Gasteiger partial charge is 0.330 e. The van der Waals surface area contributed by atoms with Crippen LogP contribution in [-0.4, -0.2) is 25.2 Å². The zero-order chi connectivity index (χ0) is 22.4. The summed E-state index contributed by atoms with van der Waals surface area (Å²) in [5.74, 6) is 3.88. The molecule has 4 fully saturated rings. The van der Waals surface area contributed by atoms with Crippen LogP contribution in [0, 0.1) is 46.3 Å². The summed E-state index contributed by atoms with van der Waals surface area (Å²) in [6, 6.07) is 0. The molecule has 0 amide bonds. The number of hydrogen-bond acceptors (Lipinski definition) is 4. The molecular formula is C27H42O4. The van der Waals surface area contributed by atoms with Gasteiger partial charge in [-0.25, -0.2) is 4.79 Å². The van der Waals surface area contributed by atoms with Gasteiger partial charge in [-0.3, -0.25) is 4.79 Å². The van der Waals surface area contributed by atoms with Crippen molar-refractivity contribution in [2.24, 2.45) is 46.3 Å². The predicted octanol–water partition coefficient (Wildman–Crippen LogP) is 5.94. The van der Waals surface area contributed by atoms with Crippen LogP contribution >= 0.6 is 0 Å². The highest BCUT2D eigenvalue weighted by Gasteiger charge is 2.60. The van der Waals surface area contributed by atoms with Crippen molar-refractivity contribution >= 4 is 11.9 Å². The highest BCUT2D eigenvalue weighted by molar-refractivity contribution is 5.81. The number of fused-ring (bicyclic) bond motifs is 5. The second kappa shape index (κ2) is 8.56. The highest BCUT2D eigenvalue weighted by atomic mass is 16.5. The second-order valence-corrected chi connectivity index (χ2v) is 11.6. The molecule has 4 aliphatic rings. The van der Waals surface area contributed by atoms with Gasteiger partial charge in [0.2, 0.25) is 0 Å². The van der Waals surface area contributed by atoms with Crippen molar-refractivity contribution in [2.45, 2.75) is 91.6 Å². The van der Waals surface area contributed by atoms with Gasteiger partial charge in [-0.05, 0) is 104 Å². The molecule has 0 spiro atoms. The average molecular weight is 431 g/mol. The first-order valence-corrected chi connectivity index (χ1v) is 12.6. The summed E-state index contributed by atoms with van der Waals surface area (Å²) in [5.41, 5.74) is 0.800. The second-order valence-electron chi connectivity index (χ2n) is 11.6. The van der Waals surface area contributed by atoms with E-state index in [1.54, 1.807) is 13.0 Å². The number of ether oxygens (including phenoxy) is 2. The molecule has 9 atom stereocenters. The number of rotatable bonds is 4. The number of carbonyl (C=O) groups is 2. The first-order chi connectivity index (χ1) is 14.7. The topological polar surface area (TPSA) is 52.6 Å². The molecule has 4 aliphatic carbocycles. The van der Waals surface area contributed by atoms with E-state index in [2.05, 4.69) is 26.8 Å². The van der Waals surface area contributed by atoms with E-state index in [9.17, 15) is 9.59 Å². The zero-order valence-electron chi connectivity index (χ0n) is 20.2. The molecule has 0 radical (unpaired) electrons. The Morgan fingerprint density at radius 1 is 0.968 bits per heavy atom. The lowest BCUT2D eigenvalue weighted by molar-refractivity contribution is -0.160. The molecule has 4 heteroatoms. The SMILES string of the molecule is COC(=O)C=C[C@@H](C)[C@H]1CC[C@H]2[C@@H]3CCC4CC(OC(C)=O)CC[C@]4(C)[C@H]3CC[C@]12C. The van der Waals surface area contributed by atoms with E-state index in [0.29, 0.717) is 28.6 Å². The molecule has 31 heavy (non-hydrogen) atoms. The van der Waals surface area contributed by atoms with Gasteiger partial charge in [0.15, 0.2) is 0 Å². The molecule has 4 nitrogen and oxygen atoms in total. The van der Waals surface area contributed by atoms with Crippen LogP contribution in [0.15, 0.2) is 12.2 Å². The van der Waals surface area contributed by atoms with Crippen molar-refractivity contribution in [1.29, 1.82) is 0 Å². The fourth-order valence-corrected chi connectivity index (χ4v) is 8.90. The maximum absolute atomic E-state index is 11.6. The molecule has 0 aromatic rings. The van der Waals surface area contributed by atoms with E-state index in [1.807, 2.05) is 0 Å². The lowest BCUT2D eigenvalue weighted by Gasteiger charge is -2.61. The van der Waals surface area contributed by atoms with Gasteiger partial charge >= 0.3 is 11.9 Å². The molecule has 0 N–H and O–H groups in total. The quantitative estimate of drug-likeness (QED) is 0.409. The highest BCUT2D eigenvalue weighted by Crippen LogP contribution is 2.68.